The Hall–Kier alpha value is -3.95. The first kappa shape index (κ1) is 21.3. The average Bonchev–Trinajstić information content (AvgIpc) is 3.34. The topological polar surface area (TPSA) is 113 Å². The molecular formula is C22H19FN2O7. The van der Waals surface area contributed by atoms with Crippen molar-refractivity contribution in [2.24, 2.45) is 0 Å². The molecule has 0 bridgehead atoms. The predicted molar refractivity (Wildman–Crippen MR) is 107 cm³/mol. The number of amides is 3. The summed E-state index contributed by atoms with van der Waals surface area (Å²) < 4.78 is 23.9. The predicted octanol–water partition coefficient (Wildman–Crippen LogP) is 2.08. The van der Waals surface area contributed by atoms with Crippen molar-refractivity contribution in [2.45, 2.75) is 31.8 Å². The number of carboxylic acids is 1. The van der Waals surface area contributed by atoms with Crippen LogP contribution in [-0.4, -0.2) is 46.5 Å². The molecule has 1 atom stereocenters. The van der Waals surface area contributed by atoms with Crippen LogP contribution < -0.4 is 14.4 Å². The molecule has 0 saturated carbocycles. The van der Waals surface area contributed by atoms with Crippen LogP contribution >= 0.6 is 0 Å². The Morgan fingerprint density at radius 2 is 1.78 bits per heavy atom. The lowest BCUT2D eigenvalue weighted by molar-refractivity contribution is -0.143. The third-order valence-corrected chi connectivity index (χ3v) is 5.25. The standard InChI is InChI=1S/C22H19FN2O7/c23-14-2-4-15(5-3-14)25-20(27)10-16(22(25)30)24(19(26)7-8-21(28)29)11-13-1-6-17-18(9-13)32-12-31-17/h1-6,9,16H,7-8,10-12H2,(H,28,29)/t16-/m0/s1. The Morgan fingerprint density at radius 3 is 2.50 bits per heavy atom. The largest absolute Gasteiger partial charge is 0.481 e. The van der Waals surface area contributed by atoms with Crippen LogP contribution in [0.5, 0.6) is 11.5 Å². The van der Waals surface area contributed by atoms with Crippen molar-refractivity contribution in [3.8, 4) is 11.5 Å². The zero-order chi connectivity index (χ0) is 22.8. The molecule has 1 N–H and O–H groups in total. The molecule has 2 aromatic rings. The Kier molecular flexibility index (Phi) is 5.76. The van der Waals surface area contributed by atoms with Gasteiger partial charge in [-0.05, 0) is 42.0 Å². The zero-order valence-corrected chi connectivity index (χ0v) is 16.8. The van der Waals surface area contributed by atoms with Gasteiger partial charge in [-0.25, -0.2) is 9.29 Å². The monoisotopic (exact) mass is 442 g/mol. The van der Waals surface area contributed by atoms with Crippen LogP contribution in [0.25, 0.3) is 0 Å². The Balaban J connectivity index is 1.61. The molecule has 2 aromatic carbocycles. The number of imide groups is 1. The minimum absolute atomic E-state index is 0.0317. The Bertz CT molecular complexity index is 1090. The van der Waals surface area contributed by atoms with E-state index < -0.39 is 42.0 Å². The van der Waals surface area contributed by atoms with Crippen molar-refractivity contribution >= 4 is 29.4 Å². The first-order chi connectivity index (χ1) is 15.3. The molecule has 0 aromatic heterocycles. The SMILES string of the molecule is O=C(O)CCC(=O)N(Cc1ccc2c(c1)OCO2)[C@H]1CC(=O)N(c2ccc(F)cc2)C1=O. The molecule has 2 heterocycles. The normalized spacial score (nSPS) is 17.0. The molecule has 2 aliphatic heterocycles. The molecule has 2 aliphatic rings. The van der Waals surface area contributed by atoms with Gasteiger partial charge in [0.05, 0.1) is 18.5 Å². The van der Waals surface area contributed by atoms with Gasteiger partial charge in [0, 0.05) is 13.0 Å². The van der Waals surface area contributed by atoms with E-state index in [2.05, 4.69) is 0 Å². The first-order valence-electron chi connectivity index (χ1n) is 9.85. The van der Waals surface area contributed by atoms with Crippen LogP contribution in [-0.2, 0) is 25.7 Å². The minimum Gasteiger partial charge on any atom is -0.481 e. The molecule has 3 amide bonds. The van der Waals surface area contributed by atoms with Crippen LogP contribution in [0.3, 0.4) is 0 Å². The van der Waals surface area contributed by atoms with E-state index in [0.717, 1.165) is 17.0 Å². The van der Waals surface area contributed by atoms with Gasteiger partial charge in [0.15, 0.2) is 11.5 Å². The number of hydrogen-bond acceptors (Lipinski definition) is 6. The summed E-state index contributed by atoms with van der Waals surface area (Å²) >= 11 is 0. The number of anilines is 1. The summed E-state index contributed by atoms with van der Waals surface area (Å²) in [6, 6.07) is 8.80. The van der Waals surface area contributed by atoms with Crippen LogP contribution in [0.15, 0.2) is 42.5 Å². The van der Waals surface area contributed by atoms with Crippen LogP contribution in [0, 0.1) is 5.82 Å². The number of carbonyl (C=O) groups excluding carboxylic acids is 3. The number of carbonyl (C=O) groups is 4. The maximum absolute atomic E-state index is 13.3. The van der Waals surface area contributed by atoms with E-state index >= 15 is 0 Å². The number of hydrogen-bond donors (Lipinski definition) is 1. The summed E-state index contributed by atoms with van der Waals surface area (Å²) in [6.07, 6.45) is -0.999. The average molecular weight is 442 g/mol. The van der Waals surface area contributed by atoms with Crippen LogP contribution in [0.4, 0.5) is 10.1 Å². The van der Waals surface area contributed by atoms with Crippen LogP contribution in [0.1, 0.15) is 24.8 Å². The minimum atomic E-state index is -1.15. The van der Waals surface area contributed by atoms with E-state index in [0.29, 0.717) is 17.1 Å². The molecule has 166 valence electrons. The number of nitrogens with zero attached hydrogens (tertiary/aromatic N) is 2. The van der Waals surface area contributed by atoms with Crippen molar-refractivity contribution in [3.63, 3.8) is 0 Å². The fourth-order valence-electron chi connectivity index (χ4n) is 3.69. The second-order valence-electron chi connectivity index (χ2n) is 7.37. The summed E-state index contributed by atoms with van der Waals surface area (Å²) in [5, 5.41) is 8.95. The van der Waals surface area contributed by atoms with E-state index in [-0.39, 0.29) is 31.9 Å². The number of ether oxygens (including phenoxy) is 2. The molecule has 0 aliphatic carbocycles. The molecule has 0 unspecified atom stereocenters. The second-order valence-corrected chi connectivity index (χ2v) is 7.37. The number of benzene rings is 2. The Labute approximate surface area is 181 Å². The third kappa shape index (κ3) is 4.25. The number of aliphatic carboxylic acids is 1. The van der Waals surface area contributed by atoms with Gasteiger partial charge in [-0.1, -0.05) is 6.07 Å². The van der Waals surface area contributed by atoms with Crippen molar-refractivity contribution in [3.05, 3.63) is 53.8 Å². The van der Waals surface area contributed by atoms with Gasteiger partial charge in [0.25, 0.3) is 5.91 Å². The summed E-state index contributed by atoms with van der Waals surface area (Å²) in [7, 11) is 0. The third-order valence-electron chi connectivity index (χ3n) is 5.25. The molecule has 1 fully saturated rings. The molecule has 1 saturated heterocycles. The van der Waals surface area contributed by atoms with E-state index in [4.69, 9.17) is 14.6 Å². The lowest BCUT2D eigenvalue weighted by Crippen LogP contribution is -2.45. The maximum atomic E-state index is 13.3. The summed E-state index contributed by atoms with van der Waals surface area (Å²) in [5.74, 6) is -2.37. The molecule has 4 rings (SSSR count). The number of halogens is 1. The van der Waals surface area contributed by atoms with E-state index in [1.807, 2.05) is 0 Å². The van der Waals surface area contributed by atoms with Gasteiger partial charge in [0.1, 0.15) is 11.9 Å². The van der Waals surface area contributed by atoms with E-state index in [1.54, 1.807) is 18.2 Å². The van der Waals surface area contributed by atoms with E-state index in [9.17, 15) is 23.6 Å². The highest BCUT2D eigenvalue weighted by atomic mass is 19.1. The van der Waals surface area contributed by atoms with E-state index in [1.165, 1.54) is 17.0 Å². The summed E-state index contributed by atoms with van der Waals surface area (Å²) in [6.45, 7) is 0.0400. The molecular weight excluding hydrogens is 423 g/mol. The van der Waals surface area contributed by atoms with Crippen LogP contribution in [0.2, 0.25) is 0 Å². The molecule has 32 heavy (non-hydrogen) atoms. The van der Waals surface area contributed by atoms with Gasteiger partial charge in [-0.2, -0.15) is 0 Å². The van der Waals surface area contributed by atoms with Gasteiger partial charge >= 0.3 is 5.97 Å². The van der Waals surface area contributed by atoms with Crippen molar-refractivity contribution in [1.29, 1.82) is 0 Å². The lowest BCUT2D eigenvalue weighted by Gasteiger charge is -2.28. The second kappa shape index (κ2) is 8.66. The van der Waals surface area contributed by atoms with Gasteiger partial charge in [-0.3, -0.25) is 19.2 Å². The fourth-order valence-corrected chi connectivity index (χ4v) is 3.69. The quantitative estimate of drug-likeness (QED) is 0.653. The first-order valence-corrected chi connectivity index (χ1v) is 9.85. The highest BCUT2D eigenvalue weighted by Gasteiger charge is 2.44. The Morgan fingerprint density at radius 1 is 1.06 bits per heavy atom. The maximum Gasteiger partial charge on any atom is 0.303 e. The highest BCUT2D eigenvalue weighted by Crippen LogP contribution is 2.34. The number of fused-ring (bicyclic) bond motifs is 1. The molecule has 0 radical (unpaired) electrons. The smallest absolute Gasteiger partial charge is 0.303 e. The van der Waals surface area contributed by atoms with Crippen molar-refractivity contribution < 1.29 is 38.1 Å². The highest BCUT2D eigenvalue weighted by molar-refractivity contribution is 6.23. The number of carboxylic acid groups (broad SMARTS) is 1. The molecule has 9 nitrogen and oxygen atoms in total. The lowest BCUT2D eigenvalue weighted by atomic mass is 10.1. The fraction of sp³-hybridized carbons (Fsp3) is 0.273. The van der Waals surface area contributed by atoms with Crippen molar-refractivity contribution in [2.75, 3.05) is 11.7 Å². The zero-order valence-electron chi connectivity index (χ0n) is 16.8. The van der Waals surface area contributed by atoms with Gasteiger partial charge < -0.3 is 19.5 Å². The molecule has 0 spiro atoms. The van der Waals surface area contributed by atoms with Crippen molar-refractivity contribution in [1.82, 2.24) is 4.90 Å². The summed E-state index contributed by atoms with van der Waals surface area (Å²) in [5.41, 5.74) is 0.823. The molecule has 10 heteroatoms. The number of rotatable bonds is 7. The van der Waals surface area contributed by atoms with Gasteiger partial charge in [-0.15, -0.1) is 0 Å². The summed E-state index contributed by atoms with van der Waals surface area (Å²) in [4.78, 5) is 51.7. The van der Waals surface area contributed by atoms with Gasteiger partial charge in [0.2, 0.25) is 18.6 Å².